The number of pyridine rings is 1. The third kappa shape index (κ3) is 2.88. The van der Waals surface area contributed by atoms with Gasteiger partial charge in [-0.3, -0.25) is 0 Å². The zero-order valence-corrected chi connectivity index (χ0v) is 8.45. The van der Waals surface area contributed by atoms with Crippen molar-refractivity contribution in [3.63, 3.8) is 0 Å². The monoisotopic (exact) mass is 214 g/mol. The second-order valence-corrected chi connectivity index (χ2v) is 3.20. The van der Waals surface area contributed by atoms with Crippen LogP contribution in [0.3, 0.4) is 0 Å². The number of rotatable bonds is 4. The van der Waals surface area contributed by atoms with Gasteiger partial charge in [0.25, 0.3) is 0 Å². The first-order chi connectivity index (χ1) is 6.63. The highest BCUT2D eigenvalue weighted by Crippen LogP contribution is 2.11. The van der Waals surface area contributed by atoms with E-state index in [4.69, 9.17) is 16.7 Å². The Balaban J connectivity index is 2.67. The zero-order valence-electron chi connectivity index (χ0n) is 7.70. The number of aliphatic carboxylic acids is 1. The van der Waals surface area contributed by atoms with E-state index in [0.717, 1.165) is 0 Å². The molecule has 0 spiro atoms. The summed E-state index contributed by atoms with van der Waals surface area (Å²) in [4.78, 5) is 14.5. The van der Waals surface area contributed by atoms with Crippen LogP contribution in [0.15, 0.2) is 18.3 Å². The van der Waals surface area contributed by atoms with Crippen LogP contribution in [0.4, 0.5) is 5.69 Å². The highest BCUT2D eigenvalue weighted by Gasteiger charge is 2.13. The molecular formula is C9H11ClN2O2. The van der Waals surface area contributed by atoms with Gasteiger partial charge in [0.2, 0.25) is 0 Å². The van der Waals surface area contributed by atoms with Crippen molar-refractivity contribution in [2.75, 3.05) is 5.32 Å². The van der Waals surface area contributed by atoms with Gasteiger partial charge in [-0.2, -0.15) is 0 Å². The van der Waals surface area contributed by atoms with Crippen molar-refractivity contribution < 1.29 is 9.90 Å². The number of carbonyl (C=O) groups is 1. The van der Waals surface area contributed by atoms with Gasteiger partial charge in [-0.15, -0.1) is 0 Å². The third-order valence-electron chi connectivity index (χ3n) is 1.77. The minimum absolute atomic E-state index is 0.388. The standard InChI is InChI=1S/C9H11ClN2O2/c1-2-7(9(13)14)12-6-3-4-8(10)11-5-6/h3-5,7,12H,2H2,1H3,(H,13,14). The lowest BCUT2D eigenvalue weighted by Crippen LogP contribution is -2.28. The van der Waals surface area contributed by atoms with Gasteiger partial charge < -0.3 is 10.4 Å². The summed E-state index contributed by atoms with van der Waals surface area (Å²) in [6.45, 7) is 1.80. The van der Waals surface area contributed by atoms with Crippen LogP contribution in [0, 0.1) is 0 Å². The van der Waals surface area contributed by atoms with Gasteiger partial charge in [-0.05, 0) is 18.6 Å². The molecule has 0 aliphatic heterocycles. The largest absolute Gasteiger partial charge is 0.480 e. The SMILES string of the molecule is CCC(Nc1ccc(Cl)nc1)C(=O)O. The van der Waals surface area contributed by atoms with Crippen molar-refractivity contribution in [1.82, 2.24) is 4.98 Å². The van der Waals surface area contributed by atoms with Gasteiger partial charge in [0, 0.05) is 0 Å². The predicted molar refractivity (Wildman–Crippen MR) is 54.6 cm³/mol. The molecule has 0 bridgehead atoms. The fraction of sp³-hybridized carbons (Fsp3) is 0.333. The molecule has 14 heavy (non-hydrogen) atoms. The van der Waals surface area contributed by atoms with Crippen LogP contribution >= 0.6 is 11.6 Å². The maximum Gasteiger partial charge on any atom is 0.326 e. The molecule has 1 aromatic rings. The van der Waals surface area contributed by atoms with Crippen LogP contribution in [-0.4, -0.2) is 22.1 Å². The number of aromatic nitrogens is 1. The quantitative estimate of drug-likeness (QED) is 0.753. The zero-order chi connectivity index (χ0) is 10.6. The molecule has 1 aromatic heterocycles. The van der Waals surface area contributed by atoms with Gasteiger partial charge >= 0.3 is 5.97 Å². The minimum Gasteiger partial charge on any atom is -0.480 e. The second-order valence-electron chi connectivity index (χ2n) is 2.81. The lowest BCUT2D eigenvalue weighted by molar-refractivity contribution is -0.137. The first-order valence-corrected chi connectivity index (χ1v) is 4.62. The van der Waals surface area contributed by atoms with E-state index in [1.54, 1.807) is 19.1 Å². The number of carboxylic acid groups (broad SMARTS) is 1. The van der Waals surface area contributed by atoms with Gasteiger partial charge in [0.1, 0.15) is 11.2 Å². The first-order valence-electron chi connectivity index (χ1n) is 4.24. The van der Waals surface area contributed by atoms with E-state index in [1.165, 1.54) is 6.20 Å². The summed E-state index contributed by atoms with van der Waals surface area (Å²) in [7, 11) is 0. The molecule has 0 amide bonds. The Bertz CT molecular complexity index is 313. The van der Waals surface area contributed by atoms with E-state index in [2.05, 4.69) is 10.3 Å². The molecule has 0 saturated carbocycles. The molecule has 1 heterocycles. The van der Waals surface area contributed by atoms with Crippen LogP contribution in [0.2, 0.25) is 5.15 Å². The fourth-order valence-corrected chi connectivity index (χ4v) is 1.11. The molecule has 0 saturated heterocycles. The van der Waals surface area contributed by atoms with E-state index in [0.29, 0.717) is 17.3 Å². The Morgan fingerprint density at radius 3 is 2.86 bits per heavy atom. The number of anilines is 1. The average molecular weight is 215 g/mol. The summed E-state index contributed by atoms with van der Waals surface area (Å²) < 4.78 is 0. The number of carboxylic acids is 1. The van der Waals surface area contributed by atoms with Crippen LogP contribution in [0.1, 0.15) is 13.3 Å². The molecule has 0 aliphatic carbocycles. The predicted octanol–water partition coefficient (Wildman–Crippen LogP) is 2.01. The molecule has 1 unspecified atom stereocenters. The van der Waals surface area contributed by atoms with E-state index in [9.17, 15) is 4.79 Å². The van der Waals surface area contributed by atoms with E-state index >= 15 is 0 Å². The first kappa shape index (κ1) is 10.8. The Morgan fingerprint density at radius 1 is 1.71 bits per heavy atom. The van der Waals surface area contributed by atoms with Gasteiger partial charge in [0.15, 0.2) is 0 Å². The molecule has 4 nitrogen and oxygen atoms in total. The summed E-state index contributed by atoms with van der Waals surface area (Å²) in [6.07, 6.45) is 2.02. The van der Waals surface area contributed by atoms with Crippen LogP contribution in [-0.2, 0) is 4.79 Å². The van der Waals surface area contributed by atoms with Gasteiger partial charge in [-0.1, -0.05) is 18.5 Å². The highest BCUT2D eigenvalue weighted by atomic mass is 35.5. The third-order valence-corrected chi connectivity index (χ3v) is 2.00. The molecule has 0 radical (unpaired) electrons. The molecule has 1 atom stereocenters. The summed E-state index contributed by atoms with van der Waals surface area (Å²) >= 11 is 5.59. The summed E-state index contributed by atoms with van der Waals surface area (Å²) in [5.41, 5.74) is 0.656. The number of halogens is 1. The van der Waals surface area contributed by atoms with Crippen LogP contribution in [0.5, 0.6) is 0 Å². The Labute approximate surface area is 86.9 Å². The van der Waals surface area contributed by atoms with E-state index < -0.39 is 12.0 Å². The topological polar surface area (TPSA) is 62.2 Å². The van der Waals surface area contributed by atoms with Crippen molar-refractivity contribution >= 4 is 23.3 Å². The molecule has 0 aliphatic rings. The molecule has 2 N–H and O–H groups in total. The summed E-state index contributed by atoms with van der Waals surface area (Å²) in [5.74, 6) is -0.873. The molecule has 76 valence electrons. The number of hydrogen-bond donors (Lipinski definition) is 2. The highest BCUT2D eigenvalue weighted by molar-refractivity contribution is 6.29. The van der Waals surface area contributed by atoms with E-state index in [1.807, 2.05) is 0 Å². The van der Waals surface area contributed by atoms with Crippen molar-refractivity contribution in [3.05, 3.63) is 23.5 Å². The number of hydrogen-bond acceptors (Lipinski definition) is 3. The molecule has 0 aromatic carbocycles. The van der Waals surface area contributed by atoms with Gasteiger partial charge in [0.05, 0.1) is 11.9 Å². The summed E-state index contributed by atoms with van der Waals surface area (Å²) in [5, 5.41) is 12.0. The molecule has 1 rings (SSSR count). The Morgan fingerprint density at radius 2 is 2.43 bits per heavy atom. The number of nitrogens with zero attached hydrogens (tertiary/aromatic N) is 1. The van der Waals surface area contributed by atoms with Crippen molar-refractivity contribution in [1.29, 1.82) is 0 Å². The Kier molecular flexibility index (Phi) is 3.71. The Hall–Kier alpha value is -1.29. The van der Waals surface area contributed by atoms with E-state index in [-0.39, 0.29) is 0 Å². The summed E-state index contributed by atoms with van der Waals surface area (Å²) in [6, 6.07) is 2.72. The molecule has 0 fully saturated rings. The van der Waals surface area contributed by atoms with Crippen molar-refractivity contribution in [2.45, 2.75) is 19.4 Å². The lowest BCUT2D eigenvalue weighted by atomic mass is 10.2. The normalized spacial score (nSPS) is 12.1. The number of nitrogens with one attached hydrogen (secondary N) is 1. The van der Waals surface area contributed by atoms with Crippen molar-refractivity contribution in [3.8, 4) is 0 Å². The maximum absolute atomic E-state index is 10.7. The van der Waals surface area contributed by atoms with Crippen molar-refractivity contribution in [2.24, 2.45) is 0 Å². The molecule has 5 heteroatoms. The molecular weight excluding hydrogens is 204 g/mol. The van der Waals surface area contributed by atoms with Gasteiger partial charge in [-0.25, -0.2) is 9.78 Å². The van der Waals surface area contributed by atoms with Crippen LogP contribution in [0.25, 0.3) is 0 Å². The van der Waals surface area contributed by atoms with Crippen LogP contribution < -0.4 is 5.32 Å². The fourth-order valence-electron chi connectivity index (χ4n) is 1.00. The smallest absolute Gasteiger partial charge is 0.326 e. The maximum atomic E-state index is 10.7. The second kappa shape index (κ2) is 4.81. The minimum atomic E-state index is -0.873. The average Bonchev–Trinajstić information content (AvgIpc) is 2.16. The lowest BCUT2D eigenvalue weighted by Gasteiger charge is -2.12.